The van der Waals surface area contributed by atoms with Crippen LogP contribution in [0.2, 0.25) is 5.02 Å². The van der Waals surface area contributed by atoms with E-state index in [0.29, 0.717) is 46.3 Å². The number of nitrogens with zero attached hydrogens (tertiary/aromatic N) is 3. The number of aromatic nitrogens is 2. The van der Waals surface area contributed by atoms with Gasteiger partial charge in [-0.25, -0.2) is 9.97 Å². The Morgan fingerprint density at radius 1 is 1.31 bits per heavy atom. The van der Waals surface area contributed by atoms with Gasteiger partial charge in [0, 0.05) is 10.7 Å². The fourth-order valence-corrected chi connectivity index (χ4v) is 3.11. The molecule has 0 bridgehead atoms. The van der Waals surface area contributed by atoms with Gasteiger partial charge in [-0.05, 0) is 36.3 Å². The Hall–Kier alpha value is -3.30. The van der Waals surface area contributed by atoms with Crippen molar-refractivity contribution < 1.29 is 9.53 Å². The number of carbonyl (C=O) groups excluding carboxylic acids is 1. The SMILES string of the molecule is C#CC(=O)N1CCOc2c1ccc1ncnc(Nc3cccc(Cl)c3)c21. The number of carbonyl (C=O) groups is 1. The van der Waals surface area contributed by atoms with Crippen molar-refractivity contribution in [2.45, 2.75) is 0 Å². The number of terminal acetylenes is 1. The second-order valence-electron chi connectivity index (χ2n) is 5.62. The molecule has 0 fully saturated rings. The molecule has 1 aliphatic heterocycles. The molecule has 1 amide bonds. The highest BCUT2D eigenvalue weighted by atomic mass is 35.5. The Balaban J connectivity index is 1.87. The Labute approximate surface area is 154 Å². The average Bonchev–Trinajstić information content (AvgIpc) is 2.66. The van der Waals surface area contributed by atoms with E-state index in [4.69, 9.17) is 22.8 Å². The van der Waals surface area contributed by atoms with Gasteiger partial charge in [0.25, 0.3) is 0 Å². The minimum absolute atomic E-state index is 0.338. The van der Waals surface area contributed by atoms with Gasteiger partial charge in [-0.1, -0.05) is 17.7 Å². The highest BCUT2D eigenvalue weighted by molar-refractivity contribution is 6.30. The lowest BCUT2D eigenvalue weighted by atomic mass is 10.1. The molecule has 2 heterocycles. The maximum absolute atomic E-state index is 12.1. The smallest absolute Gasteiger partial charge is 0.302 e. The summed E-state index contributed by atoms with van der Waals surface area (Å²) in [5.41, 5.74) is 2.08. The number of halogens is 1. The Morgan fingerprint density at radius 3 is 3.00 bits per heavy atom. The van der Waals surface area contributed by atoms with Crippen molar-refractivity contribution in [1.82, 2.24) is 9.97 Å². The normalized spacial score (nSPS) is 12.8. The third-order valence-corrected chi connectivity index (χ3v) is 4.28. The lowest BCUT2D eigenvalue weighted by Gasteiger charge is -2.29. The molecule has 0 aliphatic carbocycles. The number of hydrogen-bond acceptors (Lipinski definition) is 5. The number of anilines is 3. The summed E-state index contributed by atoms with van der Waals surface area (Å²) in [6, 6.07) is 10.9. The molecular formula is C19H13ClN4O2. The van der Waals surface area contributed by atoms with Crippen LogP contribution in [0.5, 0.6) is 5.75 Å². The van der Waals surface area contributed by atoms with Gasteiger partial charge in [-0.15, -0.1) is 6.42 Å². The molecule has 0 unspecified atom stereocenters. The fraction of sp³-hybridized carbons (Fsp3) is 0.105. The average molecular weight is 365 g/mol. The summed E-state index contributed by atoms with van der Waals surface area (Å²) in [5.74, 6) is 2.84. The Bertz CT molecular complexity index is 1060. The van der Waals surface area contributed by atoms with Crippen molar-refractivity contribution in [3.05, 3.63) is 47.7 Å². The maximum atomic E-state index is 12.1. The van der Waals surface area contributed by atoms with Crippen molar-refractivity contribution in [3.8, 4) is 18.1 Å². The van der Waals surface area contributed by atoms with Crippen LogP contribution in [0.15, 0.2) is 42.7 Å². The van der Waals surface area contributed by atoms with Crippen LogP contribution in [0.4, 0.5) is 17.2 Å². The predicted molar refractivity (Wildman–Crippen MR) is 101 cm³/mol. The molecule has 7 heteroatoms. The van der Waals surface area contributed by atoms with Crippen LogP contribution in [0.25, 0.3) is 10.9 Å². The van der Waals surface area contributed by atoms with E-state index in [1.165, 1.54) is 11.2 Å². The largest absolute Gasteiger partial charge is 0.489 e. The van der Waals surface area contributed by atoms with E-state index in [1.807, 2.05) is 18.2 Å². The number of nitrogens with one attached hydrogen (secondary N) is 1. The van der Waals surface area contributed by atoms with Gasteiger partial charge < -0.3 is 10.1 Å². The van der Waals surface area contributed by atoms with Crippen LogP contribution >= 0.6 is 11.6 Å². The second-order valence-corrected chi connectivity index (χ2v) is 6.05. The third-order valence-electron chi connectivity index (χ3n) is 4.04. The van der Waals surface area contributed by atoms with Gasteiger partial charge >= 0.3 is 5.91 Å². The number of rotatable bonds is 2. The van der Waals surface area contributed by atoms with Crippen LogP contribution in [-0.4, -0.2) is 29.0 Å². The van der Waals surface area contributed by atoms with Crippen LogP contribution in [0.3, 0.4) is 0 Å². The first-order valence-electron chi connectivity index (χ1n) is 7.88. The fourth-order valence-electron chi connectivity index (χ4n) is 2.92. The summed E-state index contributed by atoms with van der Waals surface area (Å²) >= 11 is 6.05. The highest BCUT2D eigenvalue weighted by Gasteiger charge is 2.26. The van der Waals surface area contributed by atoms with Crippen LogP contribution in [0, 0.1) is 12.3 Å². The van der Waals surface area contributed by atoms with Crippen molar-refractivity contribution in [3.63, 3.8) is 0 Å². The monoisotopic (exact) mass is 364 g/mol. The molecule has 0 spiro atoms. The molecule has 4 rings (SSSR count). The molecule has 26 heavy (non-hydrogen) atoms. The lowest BCUT2D eigenvalue weighted by Crippen LogP contribution is -2.37. The third kappa shape index (κ3) is 2.79. The van der Waals surface area contributed by atoms with Gasteiger partial charge in [-0.3, -0.25) is 9.69 Å². The zero-order valence-corrected chi connectivity index (χ0v) is 14.3. The van der Waals surface area contributed by atoms with E-state index in [9.17, 15) is 4.79 Å². The number of hydrogen-bond donors (Lipinski definition) is 1. The molecule has 1 aromatic heterocycles. The molecule has 0 atom stereocenters. The summed E-state index contributed by atoms with van der Waals surface area (Å²) in [7, 11) is 0. The zero-order valence-electron chi connectivity index (χ0n) is 13.6. The van der Waals surface area contributed by atoms with Gasteiger partial charge in [0.15, 0.2) is 5.75 Å². The second kappa shape index (κ2) is 6.54. The number of benzene rings is 2. The number of amides is 1. The first kappa shape index (κ1) is 16.2. The molecule has 2 aromatic carbocycles. The molecule has 1 aliphatic rings. The van der Waals surface area contributed by atoms with E-state index in [0.717, 1.165) is 5.69 Å². The van der Waals surface area contributed by atoms with Gasteiger partial charge in [-0.2, -0.15) is 0 Å². The molecule has 1 N–H and O–H groups in total. The van der Waals surface area contributed by atoms with E-state index in [1.54, 1.807) is 18.2 Å². The number of fused-ring (bicyclic) bond motifs is 3. The molecule has 0 saturated carbocycles. The zero-order chi connectivity index (χ0) is 18.1. The lowest BCUT2D eigenvalue weighted by molar-refractivity contribution is -0.113. The topological polar surface area (TPSA) is 67.4 Å². The first-order valence-corrected chi connectivity index (χ1v) is 8.26. The van der Waals surface area contributed by atoms with E-state index < -0.39 is 5.91 Å². The summed E-state index contributed by atoms with van der Waals surface area (Å²) < 4.78 is 5.86. The molecular weight excluding hydrogens is 352 g/mol. The molecule has 6 nitrogen and oxygen atoms in total. The minimum atomic E-state index is -0.407. The van der Waals surface area contributed by atoms with Crippen molar-refractivity contribution >= 4 is 45.6 Å². The molecule has 0 saturated heterocycles. The molecule has 128 valence electrons. The Kier molecular flexibility index (Phi) is 4.07. The van der Waals surface area contributed by atoms with E-state index >= 15 is 0 Å². The quantitative estimate of drug-likeness (QED) is 0.706. The summed E-state index contributed by atoms with van der Waals surface area (Å²) in [4.78, 5) is 22.2. The van der Waals surface area contributed by atoms with E-state index in [2.05, 4.69) is 21.2 Å². The van der Waals surface area contributed by atoms with Crippen molar-refractivity contribution in [1.29, 1.82) is 0 Å². The van der Waals surface area contributed by atoms with Crippen LogP contribution < -0.4 is 15.0 Å². The predicted octanol–water partition coefficient (Wildman–Crippen LogP) is 3.39. The molecule has 3 aromatic rings. The van der Waals surface area contributed by atoms with E-state index in [-0.39, 0.29) is 0 Å². The van der Waals surface area contributed by atoms with Crippen LogP contribution in [-0.2, 0) is 4.79 Å². The van der Waals surface area contributed by atoms with Crippen LogP contribution in [0.1, 0.15) is 0 Å². The minimum Gasteiger partial charge on any atom is -0.489 e. The van der Waals surface area contributed by atoms with Crippen molar-refractivity contribution in [2.75, 3.05) is 23.4 Å². The van der Waals surface area contributed by atoms with Gasteiger partial charge in [0.2, 0.25) is 0 Å². The van der Waals surface area contributed by atoms with Crippen molar-refractivity contribution in [2.24, 2.45) is 0 Å². The van der Waals surface area contributed by atoms with Gasteiger partial charge in [0.05, 0.1) is 23.1 Å². The molecule has 0 radical (unpaired) electrons. The number of ether oxygens (including phenoxy) is 1. The summed E-state index contributed by atoms with van der Waals surface area (Å²) in [6.45, 7) is 0.733. The summed E-state index contributed by atoms with van der Waals surface area (Å²) in [6.07, 6.45) is 6.75. The standard InChI is InChI=1S/C19H13ClN4O2/c1-2-16(25)24-8-9-26-18-15(24)7-6-14-17(18)19(22-11-21-14)23-13-5-3-4-12(20)10-13/h1,3-7,10-11H,8-9H2,(H,21,22,23). The maximum Gasteiger partial charge on any atom is 0.302 e. The van der Waals surface area contributed by atoms with Gasteiger partial charge in [0.1, 0.15) is 18.8 Å². The Morgan fingerprint density at radius 2 is 2.19 bits per heavy atom. The highest BCUT2D eigenvalue weighted by Crippen LogP contribution is 2.41. The first-order chi connectivity index (χ1) is 12.7. The summed E-state index contributed by atoms with van der Waals surface area (Å²) in [5, 5.41) is 4.53.